The first-order valence-electron chi connectivity index (χ1n) is 16.9. The fourth-order valence-electron chi connectivity index (χ4n) is 5.25. The van der Waals surface area contributed by atoms with Crippen LogP contribution in [0.5, 0.6) is 5.75 Å². The van der Waals surface area contributed by atoms with Crippen LogP contribution >= 0.6 is 12.1 Å². The molecular weight excluding hydrogens is 597 g/mol. The van der Waals surface area contributed by atoms with Crippen LogP contribution in [0.1, 0.15) is 11.1 Å². The first kappa shape index (κ1) is 38.3. The van der Waals surface area contributed by atoms with Crippen molar-refractivity contribution in [2.24, 2.45) is 0 Å². The molecule has 0 radical (unpaired) electrons. The molecule has 1 aromatic rings. The summed E-state index contributed by atoms with van der Waals surface area (Å²) in [5, 5.41) is 24.2. The summed E-state index contributed by atoms with van der Waals surface area (Å²) in [6.45, 7) is 20.8. The average molecular weight is 658 g/mol. The summed E-state index contributed by atoms with van der Waals surface area (Å²) >= 11 is 0.281. The molecule has 0 unspecified atom stereocenters. The van der Waals surface area contributed by atoms with Crippen molar-refractivity contribution >= 4 is 12.1 Å². The van der Waals surface area contributed by atoms with Gasteiger partial charge >= 0.3 is 0 Å². The lowest BCUT2D eigenvalue weighted by molar-refractivity contribution is 0.0375. The van der Waals surface area contributed by atoms with E-state index in [1.54, 1.807) is 0 Å². The number of halogens is 1. The van der Waals surface area contributed by atoms with Crippen molar-refractivity contribution < 1.29 is 18.1 Å². The highest BCUT2D eigenvalue weighted by molar-refractivity contribution is 7.94. The minimum Gasteiger partial charge on any atom is -0.491 e. The molecule has 45 heavy (non-hydrogen) atoms. The van der Waals surface area contributed by atoms with Gasteiger partial charge in [-0.25, -0.2) is 0 Å². The van der Waals surface area contributed by atoms with Crippen LogP contribution in [0.2, 0.25) is 0 Å². The van der Waals surface area contributed by atoms with Gasteiger partial charge in [-0.2, -0.15) is 3.89 Å². The van der Waals surface area contributed by atoms with Gasteiger partial charge in [0.2, 0.25) is 0 Å². The zero-order valence-electron chi connectivity index (χ0n) is 27.3. The van der Waals surface area contributed by atoms with Gasteiger partial charge in [-0.15, -0.1) is 0 Å². The Morgan fingerprint density at radius 3 is 1.47 bits per heavy atom. The molecule has 0 atom stereocenters. The van der Waals surface area contributed by atoms with Crippen molar-refractivity contribution in [1.82, 2.24) is 47.0 Å². The molecule has 14 heteroatoms. The van der Waals surface area contributed by atoms with Gasteiger partial charge in [0.05, 0.1) is 44.5 Å². The molecule has 2 fully saturated rings. The second-order valence-corrected chi connectivity index (χ2v) is 11.9. The average Bonchev–Trinajstić information content (AvgIpc) is 3.02. The fourth-order valence-corrected chi connectivity index (χ4v) is 5.47. The normalized spacial score (nSPS) is 19.6. The minimum atomic E-state index is 0.281. The van der Waals surface area contributed by atoms with Gasteiger partial charge in [-0.05, 0) is 23.3 Å². The maximum atomic E-state index is 12.0. The number of hydrogen-bond donors (Lipinski definition) is 7. The Hall–Kier alpha value is -1.14. The third kappa shape index (κ3) is 20.0. The Kier molecular flexibility index (Phi) is 22.9. The van der Waals surface area contributed by atoms with E-state index in [2.05, 4.69) is 65.2 Å². The molecule has 2 aliphatic heterocycles. The molecule has 0 saturated carbocycles. The molecule has 0 aromatic heterocycles. The molecule has 12 nitrogen and oxygen atoms in total. The second-order valence-electron chi connectivity index (χ2n) is 11.4. The fraction of sp³-hybridized carbons (Fsp3) is 0.806. The molecule has 0 amide bonds. The van der Waals surface area contributed by atoms with Gasteiger partial charge in [0, 0.05) is 124 Å². The van der Waals surface area contributed by atoms with Gasteiger partial charge in [-0.1, -0.05) is 6.07 Å². The third-order valence-corrected chi connectivity index (χ3v) is 7.93. The van der Waals surface area contributed by atoms with Crippen LogP contribution in [-0.2, 0) is 22.6 Å². The standard InChI is InChI=1S/C31H60FN9O3S/c32-45-28-39-13-18-42-19-20-43-21-22-44-31-24-29(26-40-14-9-35-5-1-33-2-6-36-10-15-40)23-30(25-31)27-41-16-11-37-7-3-34-4-8-38-12-17-41/h23-25,33-39H,1-22,26-28H2. The molecule has 7 N–H and O–H groups in total. The summed E-state index contributed by atoms with van der Waals surface area (Å²) in [5.41, 5.74) is 2.56. The Morgan fingerprint density at radius 2 is 1.00 bits per heavy atom. The smallest absolute Gasteiger partial charge is 0.120 e. The van der Waals surface area contributed by atoms with Crippen LogP contribution < -0.4 is 42.0 Å². The Balaban J connectivity index is 1.57. The van der Waals surface area contributed by atoms with Crippen LogP contribution in [0, 0.1) is 0 Å². The van der Waals surface area contributed by atoms with E-state index in [0.29, 0.717) is 39.6 Å². The van der Waals surface area contributed by atoms with Crippen LogP contribution in [-0.4, -0.2) is 160 Å². The lowest BCUT2D eigenvalue weighted by Gasteiger charge is -2.26. The van der Waals surface area contributed by atoms with E-state index in [4.69, 9.17) is 14.2 Å². The molecule has 1 aromatic carbocycles. The van der Waals surface area contributed by atoms with Gasteiger partial charge in [-0.3, -0.25) is 9.80 Å². The Morgan fingerprint density at radius 1 is 0.578 bits per heavy atom. The molecular formula is C31H60FN9O3S. The van der Waals surface area contributed by atoms with Gasteiger partial charge in [0.25, 0.3) is 0 Å². The largest absolute Gasteiger partial charge is 0.491 e. The molecule has 0 bridgehead atoms. The summed E-state index contributed by atoms with van der Waals surface area (Å²) in [5.74, 6) is 1.18. The Bertz CT molecular complexity index is 777. The Labute approximate surface area is 275 Å². The summed E-state index contributed by atoms with van der Waals surface area (Å²) in [6.07, 6.45) is 0. The van der Waals surface area contributed by atoms with Crippen LogP contribution in [0.3, 0.4) is 0 Å². The zero-order chi connectivity index (χ0) is 31.5. The third-order valence-electron chi connectivity index (χ3n) is 7.62. The molecule has 2 heterocycles. The number of ether oxygens (including phenoxy) is 3. The zero-order valence-corrected chi connectivity index (χ0v) is 28.1. The SMILES string of the molecule is FSCNCCOCCOCCOc1cc(CN2CCNCCNCCNCC2)cc(CN2CCNCCNCCNCC2)c1. The van der Waals surface area contributed by atoms with Gasteiger partial charge in [0.15, 0.2) is 0 Å². The van der Waals surface area contributed by atoms with Crippen molar-refractivity contribution in [3.05, 3.63) is 29.3 Å². The summed E-state index contributed by atoms with van der Waals surface area (Å²) in [4.78, 5) is 5.07. The maximum absolute atomic E-state index is 12.0. The van der Waals surface area contributed by atoms with Crippen LogP contribution in [0.25, 0.3) is 0 Å². The molecule has 0 aliphatic carbocycles. The van der Waals surface area contributed by atoms with E-state index in [9.17, 15) is 3.89 Å². The van der Waals surface area contributed by atoms with E-state index >= 15 is 0 Å². The van der Waals surface area contributed by atoms with Crippen molar-refractivity contribution in [2.45, 2.75) is 13.1 Å². The summed E-state index contributed by atoms with van der Waals surface area (Å²) < 4.78 is 29.5. The van der Waals surface area contributed by atoms with E-state index in [1.807, 2.05) is 0 Å². The van der Waals surface area contributed by atoms with E-state index in [-0.39, 0.29) is 18.0 Å². The first-order chi connectivity index (χ1) is 22.3. The summed E-state index contributed by atoms with van der Waals surface area (Å²) in [7, 11) is 0. The lowest BCUT2D eigenvalue weighted by atomic mass is 10.1. The second kappa shape index (κ2) is 26.9. The van der Waals surface area contributed by atoms with E-state index < -0.39 is 0 Å². The molecule has 3 rings (SSSR count). The highest BCUT2D eigenvalue weighted by Gasteiger charge is 2.12. The number of hydrogen-bond acceptors (Lipinski definition) is 13. The van der Waals surface area contributed by atoms with Crippen molar-refractivity contribution in [2.75, 3.05) is 150 Å². The van der Waals surface area contributed by atoms with Crippen LogP contribution in [0.4, 0.5) is 3.89 Å². The predicted molar refractivity (Wildman–Crippen MR) is 183 cm³/mol. The van der Waals surface area contributed by atoms with Gasteiger partial charge < -0.3 is 51.4 Å². The number of benzene rings is 1. The van der Waals surface area contributed by atoms with Crippen molar-refractivity contribution in [3.63, 3.8) is 0 Å². The van der Waals surface area contributed by atoms with Gasteiger partial charge in [0.1, 0.15) is 12.4 Å². The summed E-state index contributed by atoms with van der Waals surface area (Å²) in [6, 6.07) is 6.76. The minimum absolute atomic E-state index is 0.281. The van der Waals surface area contributed by atoms with E-state index in [1.165, 1.54) is 11.1 Å². The van der Waals surface area contributed by atoms with Crippen molar-refractivity contribution in [3.8, 4) is 5.75 Å². The quantitative estimate of drug-likeness (QED) is 0.0910. The topological polar surface area (TPSA) is 118 Å². The molecule has 2 saturated heterocycles. The first-order valence-corrected chi connectivity index (χ1v) is 17.8. The monoisotopic (exact) mass is 657 g/mol. The molecule has 260 valence electrons. The molecule has 0 spiro atoms. The lowest BCUT2D eigenvalue weighted by Crippen LogP contribution is -2.41. The number of rotatable bonds is 16. The number of nitrogens with one attached hydrogen (secondary N) is 7. The van der Waals surface area contributed by atoms with E-state index in [0.717, 1.165) is 124 Å². The maximum Gasteiger partial charge on any atom is 0.120 e. The highest BCUT2D eigenvalue weighted by atomic mass is 32.2. The highest BCUT2D eigenvalue weighted by Crippen LogP contribution is 2.20. The predicted octanol–water partition coefficient (Wildman–Crippen LogP) is -0.568. The number of nitrogens with zero attached hydrogens (tertiary/aromatic N) is 2. The van der Waals surface area contributed by atoms with Crippen LogP contribution in [0.15, 0.2) is 18.2 Å². The van der Waals surface area contributed by atoms with Crippen molar-refractivity contribution in [1.29, 1.82) is 0 Å². The molecule has 2 aliphatic rings.